The Labute approximate surface area is 211 Å². The van der Waals surface area contributed by atoms with Gasteiger partial charge < -0.3 is 28.6 Å². The summed E-state index contributed by atoms with van der Waals surface area (Å²) in [6.45, 7) is 0.293. The summed E-state index contributed by atoms with van der Waals surface area (Å²) in [6, 6.07) is 15.4. The number of halogens is 3. The number of ether oxygens (including phenoxy) is 5. The van der Waals surface area contributed by atoms with Crippen molar-refractivity contribution >= 4 is 5.91 Å². The maximum atomic E-state index is 13.8. The van der Waals surface area contributed by atoms with Crippen LogP contribution in [0.4, 0.5) is 13.2 Å². The number of benzene rings is 3. The fraction of sp³-hybridized carbons (Fsp3) is 0.296. The maximum Gasteiger partial charge on any atom is 0.573 e. The first-order chi connectivity index (χ1) is 17.8. The SMILES string of the molecule is COc1cc2c(c(OC)c1)C(c1cccc(OC(F)(F)F)c1)N(C(=O)C1COc3ccccc3O1)CC2. The predicted molar refractivity (Wildman–Crippen MR) is 126 cm³/mol. The zero-order chi connectivity index (χ0) is 26.2. The second kappa shape index (κ2) is 9.76. The fourth-order valence-electron chi connectivity index (χ4n) is 4.78. The summed E-state index contributed by atoms with van der Waals surface area (Å²) in [4.78, 5) is 15.4. The summed E-state index contributed by atoms with van der Waals surface area (Å²) in [5.41, 5.74) is 1.94. The van der Waals surface area contributed by atoms with E-state index in [4.69, 9.17) is 18.9 Å². The van der Waals surface area contributed by atoms with E-state index in [0.717, 1.165) is 5.56 Å². The van der Waals surface area contributed by atoms with Gasteiger partial charge in [-0.05, 0) is 47.9 Å². The molecule has 0 N–H and O–H groups in total. The van der Waals surface area contributed by atoms with E-state index in [1.54, 1.807) is 41.3 Å². The quantitative estimate of drug-likeness (QED) is 0.481. The lowest BCUT2D eigenvalue weighted by molar-refractivity contribution is -0.274. The van der Waals surface area contributed by atoms with Crippen molar-refractivity contribution in [1.82, 2.24) is 4.90 Å². The van der Waals surface area contributed by atoms with Crippen molar-refractivity contribution in [3.63, 3.8) is 0 Å². The van der Waals surface area contributed by atoms with Crippen molar-refractivity contribution in [2.45, 2.75) is 24.9 Å². The molecule has 2 aliphatic rings. The van der Waals surface area contributed by atoms with Gasteiger partial charge in [-0.3, -0.25) is 4.79 Å². The molecule has 0 aromatic heterocycles. The molecular weight excluding hydrogens is 491 g/mol. The third-order valence-electron chi connectivity index (χ3n) is 6.34. The van der Waals surface area contributed by atoms with Crippen LogP contribution in [-0.2, 0) is 11.2 Å². The topological polar surface area (TPSA) is 66.5 Å². The Hall–Kier alpha value is -4.08. The molecule has 0 fully saturated rings. The number of methoxy groups -OCH3 is 2. The van der Waals surface area contributed by atoms with E-state index in [1.165, 1.54) is 32.4 Å². The highest BCUT2D eigenvalue weighted by Gasteiger charge is 2.40. The van der Waals surface area contributed by atoms with Crippen molar-refractivity contribution < 1.29 is 41.7 Å². The summed E-state index contributed by atoms with van der Waals surface area (Å²) in [7, 11) is 3.03. The first-order valence-electron chi connectivity index (χ1n) is 11.6. The van der Waals surface area contributed by atoms with Gasteiger partial charge in [-0.1, -0.05) is 24.3 Å². The van der Waals surface area contributed by atoms with Gasteiger partial charge in [-0.2, -0.15) is 0 Å². The van der Waals surface area contributed by atoms with E-state index in [-0.39, 0.29) is 18.3 Å². The van der Waals surface area contributed by atoms with Gasteiger partial charge in [0.05, 0.1) is 20.3 Å². The smallest absolute Gasteiger partial charge is 0.497 e. The van der Waals surface area contributed by atoms with Crippen molar-refractivity contribution in [3.05, 3.63) is 77.4 Å². The van der Waals surface area contributed by atoms with Crippen molar-refractivity contribution in [2.24, 2.45) is 0 Å². The second-order valence-corrected chi connectivity index (χ2v) is 8.57. The number of nitrogens with zero attached hydrogens (tertiary/aromatic N) is 1. The molecular formula is C27H24F3NO6. The highest BCUT2D eigenvalue weighted by atomic mass is 19.4. The molecule has 7 nitrogen and oxygen atoms in total. The van der Waals surface area contributed by atoms with Crippen LogP contribution in [0.3, 0.4) is 0 Å². The molecule has 0 saturated heterocycles. The number of fused-ring (bicyclic) bond motifs is 2. The van der Waals surface area contributed by atoms with Crippen LogP contribution in [0.5, 0.6) is 28.7 Å². The Morgan fingerprint density at radius 2 is 1.76 bits per heavy atom. The van der Waals surface area contributed by atoms with E-state index < -0.39 is 18.5 Å². The number of para-hydroxylation sites is 2. The number of carbonyl (C=O) groups excluding carboxylic acids is 1. The lowest BCUT2D eigenvalue weighted by Crippen LogP contribution is -2.50. The van der Waals surface area contributed by atoms with Gasteiger partial charge in [0, 0.05) is 18.2 Å². The van der Waals surface area contributed by atoms with Gasteiger partial charge in [-0.15, -0.1) is 13.2 Å². The highest BCUT2D eigenvalue weighted by molar-refractivity contribution is 5.83. The molecule has 3 aromatic carbocycles. The van der Waals surface area contributed by atoms with Crippen LogP contribution in [0.2, 0.25) is 0 Å². The molecule has 0 saturated carbocycles. The van der Waals surface area contributed by atoms with Gasteiger partial charge >= 0.3 is 6.36 Å². The number of rotatable bonds is 5. The lowest BCUT2D eigenvalue weighted by Gasteiger charge is -2.40. The van der Waals surface area contributed by atoms with E-state index in [0.29, 0.717) is 47.1 Å². The van der Waals surface area contributed by atoms with Crippen LogP contribution in [0.15, 0.2) is 60.7 Å². The van der Waals surface area contributed by atoms with E-state index in [2.05, 4.69) is 4.74 Å². The van der Waals surface area contributed by atoms with E-state index in [9.17, 15) is 18.0 Å². The minimum atomic E-state index is -4.86. The number of carbonyl (C=O) groups is 1. The molecule has 0 aliphatic carbocycles. The molecule has 0 bridgehead atoms. The Morgan fingerprint density at radius 1 is 0.973 bits per heavy atom. The van der Waals surface area contributed by atoms with Crippen LogP contribution < -0.4 is 23.7 Å². The lowest BCUT2D eigenvalue weighted by atomic mass is 9.86. The number of hydrogen-bond acceptors (Lipinski definition) is 6. The average molecular weight is 515 g/mol. The molecule has 194 valence electrons. The van der Waals surface area contributed by atoms with Crippen LogP contribution in [-0.4, -0.2) is 50.6 Å². The van der Waals surface area contributed by atoms with E-state index in [1.807, 2.05) is 6.07 Å². The van der Waals surface area contributed by atoms with Crippen molar-refractivity contribution in [1.29, 1.82) is 0 Å². The van der Waals surface area contributed by atoms with Gasteiger partial charge in [0.25, 0.3) is 5.91 Å². The molecule has 37 heavy (non-hydrogen) atoms. The fourth-order valence-corrected chi connectivity index (χ4v) is 4.78. The van der Waals surface area contributed by atoms with Crippen LogP contribution >= 0.6 is 0 Å². The molecule has 10 heteroatoms. The van der Waals surface area contributed by atoms with Gasteiger partial charge in [0.1, 0.15) is 23.9 Å². The van der Waals surface area contributed by atoms with Crippen LogP contribution in [0.25, 0.3) is 0 Å². The molecule has 2 heterocycles. The zero-order valence-electron chi connectivity index (χ0n) is 20.1. The molecule has 2 unspecified atom stereocenters. The van der Waals surface area contributed by atoms with Gasteiger partial charge in [0.2, 0.25) is 6.10 Å². The monoisotopic (exact) mass is 515 g/mol. The molecule has 1 amide bonds. The number of amides is 1. The first-order valence-corrected chi connectivity index (χ1v) is 11.6. The molecule has 2 atom stereocenters. The molecule has 0 radical (unpaired) electrons. The minimum Gasteiger partial charge on any atom is -0.497 e. The van der Waals surface area contributed by atoms with Crippen LogP contribution in [0, 0.1) is 0 Å². The molecule has 0 spiro atoms. The zero-order valence-corrected chi connectivity index (χ0v) is 20.1. The Morgan fingerprint density at radius 3 is 2.49 bits per heavy atom. The van der Waals surface area contributed by atoms with Crippen molar-refractivity contribution in [3.8, 4) is 28.7 Å². The second-order valence-electron chi connectivity index (χ2n) is 8.57. The third kappa shape index (κ3) is 4.96. The van der Waals surface area contributed by atoms with E-state index >= 15 is 0 Å². The highest BCUT2D eigenvalue weighted by Crippen LogP contribution is 2.44. The van der Waals surface area contributed by atoms with Crippen molar-refractivity contribution in [2.75, 3.05) is 27.4 Å². The normalized spacial score (nSPS) is 18.6. The summed E-state index contributed by atoms with van der Waals surface area (Å²) < 4.78 is 65.8. The predicted octanol–water partition coefficient (Wildman–Crippen LogP) is 4.92. The molecule has 5 rings (SSSR count). The molecule has 3 aromatic rings. The summed E-state index contributed by atoms with van der Waals surface area (Å²) in [6.07, 6.45) is -5.31. The Bertz CT molecular complexity index is 1290. The Kier molecular flexibility index (Phi) is 6.49. The standard InChI is InChI=1S/C27H24F3NO6/c1-33-19-12-16-10-11-31(26(32)23-15-35-20-8-3-4-9-21(20)36-23)25(24(16)22(14-19)34-2)17-6-5-7-18(13-17)37-27(28,29)30/h3-9,12-14,23,25H,10-11,15H2,1-2H3. The largest absolute Gasteiger partial charge is 0.573 e. The maximum absolute atomic E-state index is 13.8. The number of alkyl halides is 3. The Balaban J connectivity index is 1.57. The number of hydrogen-bond donors (Lipinski definition) is 0. The minimum absolute atomic E-state index is 0.00287. The molecule has 2 aliphatic heterocycles. The van der Waals surface area contributed by atoms with Gasteiger partial charge in [0.15, 0.2) is 11.5 Å². The summed E-state index contributed by atoms with van der Waals surface area (Å²) in [5, 5.41) is 0. The van der Waals surface area contributed by atoms with Crippen LogP contribution in [0.1, 0.15) is 22.7 Å². The van der Waals surface area contributed by atoms with Gasteiger partial charge in [-0.25, -0.2) is 0 Å². The summed E-state index contributed by atoms with van der Waals surface area (Å²) >= 11 is 0. The summed E-state index contributed by atoms with van der Waals surface area (Å²) in [5.74, 6) is 1.27. The first kappa shape index (κ1) is 24.6. The average Bonchev–Trinajstić information content (AvgIpc) is 2.90. The third-order valence-corrected chi connectivity index (χ3v) is 6.34.